The van der Waals surface area contributed by atoms with Crippen LogP contribution >= 0.6 is 0 Å². The molecule has 0 heterocycles. The van der Waals surface area contributed by atoms with Crippen LogP contribution in [0.2, 0.25) is 0 Å². The van der Waals surface area contributed by atoms with Gasteiger partial charge in [-0.1, -0.05) is 122 Å². The minimum absolute atomic E-state index is 0.135. The van der Waals surface area contributed by atoms with E-state index in [1.165, 1.54) is 77.0 Å². The standard InChI is InChI=1S/C25H51FO3S/c1-2-3-4-5-6-7-8-9-10-11-12-15-18-21-24-29-30(27,28)25-22-19-16-13-14-17-20-23-26/h2-25H2,1H3. The van der Waals surface area contributed by atoms with Crippen molar-refractivity contribution in [3.05, 3.63) is 0 Å². The SMILES string of the molecule is CCCCCCCCCCCCCCCCOS(=O)(=O)CCCCCCCCCF. The van der Waals surface area contributed by atoms with Crippen molar-refractivity contribution in [2.24, 2.45) is 0 Å². The Balaban J connectivity index is 3.29. The summed E-state index contributed by atoms with van der Waals surface area (Å²) in [4.78, 5) is 0. The molecule has 3 nitrogen and oxygen atoms in total. The minimum atomic E-state index is -3.35. The molecule has 5 heteroatoms. The Kier molecular flexibility index (Phi) is 23.4. The molecule has 0 spiro atoms. The molecular formula is C25H51FO3S. The fraction of sp³-hybridized carbons (Fsp3) is 1.00. The van der Waals surface area contributed by atoms with Gasteiger partial charge in [-0.15, -0.1) is 0 Å². The second kappa shape index (κ2) is 23.5. The van der Waals surface area contributed by atoms with Crippen LogP contribution < -0.4 is 0 Å². The summed E-state index contributed by atoms with van der Waals surface area (Å²) in [5.74, 6) is 0.135. The van der Waals surface area contributed by atoms with Crippen molar-refractivity contribution < 1.29 is 17.0 Å². The lowest BCUT2D eigenvalue weighted by Gasteiger charge is -2.06. The molecule has 182 valence electrons. The largest absolute Gasteiger partial charge is 0.270 e. The highest BCUT2D eigenvalue weighted by Crippen LogP contribution is 2.13. The lowest BCUT2D eigenvalue weighted by Crippen LogP contribution is -2.11. The Morgan fingerprint density at radius 3 is 1.33 bits per heavy atom. The first-order valence-corrected chi connectivity index (χ1v) is 14.6. The van der Waals surface area contributed by atoms with Crippen molar-refractivity contribution in [1.29, 1.82) is 0 Å². The first kappa shape index (κ1) is 29.8. The van der Waals surface area contributed by atoms with Gasteiger partial charge in [-0.3, -0.25) is 8.57 Å². The van der Waals surface area contributed by atoms with E-state index in [0.717, 1.165) is 44.9 Å². The van der Waals surface area contributed by atoms with Crippen LogP contribution in [0.25, 0.3) is 0 Å². The van der Waals surface area contributed by atoms with Crippen LogP contribution in [-0.2, 0) is 14.3 Å². The zero-order valence-electron chi connectivity index (χ0n) is 20.0. The molecule has 0 aliphatic heterocycles. The normalized spacial score (nSPS) is 11.9. The van der Waals surface area contributed by atoms with Gasteiger partial charge in [0.05, 0.1) is 19.0 Å². The third-order valence-corrected chi connectivity index (χ3v) is 7.10. The second-order valence-electron chi connectivity index (χ2n) is 8.84. The third-order valence-electron chi connectivity index (χ3n) is 5.79. The molecule has 30 heavy (non-hydrogen) atoms. The van der Waals surface area contributed by atoms with Gasteiger partial charge >= 0.3 is 0 Å². The zero-order chi connectivity index (χ0) is 22.2. The molecule has 0 aromatic heterocycles. The molecular weight excluding hydrogens is 399 g/mol. The third kappa shape index (κ3) is 24.1. The van der Waals surface area contributed by atoms with Crippen molar-refractivity contribution >= 4 is 10.1 Å². The Hall–Kier alpha value is -0.160. The van der Waals surface area contributed by atoms with Gasteiger partial charge in [-0.2, -0.15) is 8.42 Å². The van der Waals surface area contributed by atoms with Crippen molar-refractivity contribution in [1.82, 2.24) is 0 Å². The van der Waals surface area contributed by atoms with Gasteiger partial charge in [-0.25, -0.2) is 0 Å². The molecule has 0 rings (SSSR count). The van der Waals surface area contributed by atoms with Gasteiger partial charge in [0.1, 0.15) is 0 Å². The molecule has 0 saturated heterocycles. The van der Waals surface area contributed by atoms with Gasteiger partial charge in [0, 0.05) is 0 Å². The summed E-state index contributed by atoms with van der Waals surface area (Å²) in [6.45, 7) is 2.37. The molecule has 0 atom stereocenters. The molecule has 0 aromatic rings. The zero-order valence-corrected chi connectivity index (χ0v) is 20.8. The average Bonchev–Trinajstić information content (AvgIpc) is 2.72. The van der Waals surface area contributed by atoms with Crippen LogP contribution in [-0.4, -0.2) is 27.5 Å². The summed E-state index contributed by atoms with van der Waals surface area (Å²) >= 11 is 0. The summed E-state index contributed by atoms with van der Waals surface area (Å²) in [7, 11) is -3.35. The van der Waals surface area contributed by atoms with Gasteiger partial charge in [0.25, 0.3) is 10.1 Å². The number of rotatable bonds is 25. The maximum absolute atomic E-state index is 12.0. The maximum Gasteiger partial charge on any atom is 0.267 e. The van der Waals surface area contributed by atoms with E-state index >= 15 is 0 Å². The summed E-state index contributed by atoms with van der Waals surface area (Å²) in [5.41, 5.74) is 0. The highest BCUT2D eigenvalue weighted by atomic mass is 32.2. The van der Waals surface area contributed by atoms with E-state index in [9.17, 15) is 12.8 Å². The topological polar surface area (TPSA) is 43.4 Å². The van der Waals surface area contributed by atoms with Crippen LogP contribution in [0.4, 0.5) is 4.39 Å². The number of unbranched alkanes of at least 4 members (excludes halogenated alkanes) is 19. The highest BCUT2D eigenvalue weighted by molar-refractivity contribution is 7.86. The summed E-state index contributed by atoms with van der Waals surface area (Å²) in [5, 5.41) is 0. The molecule has 0 aliphatic rings. The number of hydrogen-bond acceptors (Lipinski definition) is 3. The number of hydrogen-bond donors (Lipinski definition) is 0. The van der Waals surface area contributed by atoms with E-state index in [-0.39, 0.29) is 12.4 Å². The average molecular weight is 451 g/mol. The molecule has 0 aromatic carbocycles. The van der Waals surface area contributed by atoms with E-state index in [1.807, 2.05) is 0 Å². The smallest absolute Gasteiger partial charge is 0.267 e. The Bertz CT molecular complexity index is 426. The molecule has 0 aliphatic carbocycles. The van der Waals surface area contributed by atoms with Crippen LogP contribution in [0.3, 0.4) is 0 Å². The summed E-state index contributed by atoms with van der Waals surface area (Å²) in [6, 6.07) is 0. The lowest BCUT2D eigenvalue weighted by atomic mass is 10.0. The quantitative estimate of drug-likeness (QED) is 0.103. The monoisotopic (exact) mass is 450 g/mol. The lowest BCUT2D eigenvalue weighted by molar-refractivity contribution is 0.305. The highest BCUT2D eigenvalue weighted by Gasteiger charge is 2.10. The van der Waals surface area contributed by atoms with Gasteiger partial charge in [-0.05, 0) is 19.3 Å². The van der Waals surface area contributed by atoms with Crippen molar-refractivity contribution in [3.8, 4) is 0 Å². The fourth-order valence-corrected chi connectivity index (χ4v) is 4.85. The van der Waals surface area contributed by atoms with E-state index in [0.29, 0.717) is 19.4 Å². The van der Waals surface area contributed by atoms with E-state index in [4.69, 9.17) is 4.18 Å². The Labute approximate surface area is 188 Å². The molecule has 0 radical (unpaired) electrons. The van der Waals surface area contributed by atoms with Gasteiger partial charge in [0.15, 0.2) is 0 Å². The Morgan fingerprint density at radius 1 is 0.533 bits per heavy atom. The fourth-order valence-electron chi connectivity index (χ4n) is 3.80. The van der Waals surface area contributed by atoms with Crippen molar-refractivity contribution in [3.63, 3.8) is 0 Å². The Morgan fingerprint density at radius 2 is 0.900 bits per heavy atom. The maximum atomic E-state index is 12.0. The predicted molar refractivity (Wildman–Crippen MR) is 128 cm³/mol. The van der Waals surface area contributed by atoms with Crippen LogP contribution in [0, 0.1) is 0 Å². The minimum Gasteiger partial charge on any atom is -0.270 e. The summed E-state index contributed by atoms with van der Waals surface area (Å²) < 4.78 is 40.8. The van der Waals surface area contributed by atoms with E-state index < -0.39 is 10.1 Å². The van der Waals surface area contributed by atoms with Gasteiger partial charge in [0.2, 0.25) is 0 Å². The summed E-state index contributed by atoms with van der Waals surface area (Å²) in [6.07, 6.45) is 24.4. The molecule has 0 amide bonds. The van der Waals surface area contributed by atoms with Gasteiger partial charge < -0.3 is 0 Å². The first-order chi connectivity index (χ1) is 14.6. The van der Waals surface area contributed by atoms with E-state index in [2.05, 4.69) is 6.92 Å². The molecule has 0 fully saturated rings. The molecule has 0 bridgehead atoms. The van der Waals surface area contributed by atoms with Crippen molar-refractivity contribution in [2.75, 3.05) is 19.0 Å². The number of alkyl halides is 1. The first-order valence-electron chi connectivity index (χ1n) is 13.1. The van der Waals surface area contributed by atoms with Crippen LogP contribution in [0.5, 0.6) is 0 Å². The van der Waals surface area contributed by atoms with E-state index in [1.54, 1.807) is 0 Å². The molecule has 0 saturated carbocycles. The number of halogens is 1. The second-order valence-corrected chi connectivity index (χ2v) is 10.6. The molecule has 0 N–H and O–H groups in total. The predicted octanol–water partition coefficient (Wildman–Crippen LogP) is 8.51. The van der Waals surface area contributed by atoms with Crippen LogP contribution in [0.15, 0.2) is 0 Å². The molecule has 0 unspecified atom stereocenters. The van der Waals surface area contributed by atoms with Crippen molar-refractivity contribution in [2.45, 2.75) is 142 Å². The van der Waals surface area contributed by atoms with Crippen LogP contribution in [0.1, 0.15) is 142 Å².